The number of methoxy groups -OCH3 is 1. The Kier molecular flexibility index (Phi) is 5.26. The van der Waals surface area contributed by atoms with Gasteiger partial charge in [-0.1, -0.05) is 60.8 Å². The van der Waals surface area contributed by atoms with Crippen LogP contribution in [0.15, 0.2) is 72.0 Å². The van der Waals surface area contributed by atoms with E-state index in [0.29, 0.717) is 16.8 Å². The molecule has 1 amide bonds. The summed E-state index contributed by atoms with van der Waals surface area (Å²) in [5.74, 6) is 0.906. The summed E-state index contributed by atoms with van der Waals surface area (Å²) < 4.78 is 6.96. The van der Waals surface area contributed by atoms with Crippen molar-refractivity contribution in [1.82, 2.24) is 14.8 Å². The molecule has 0 radical (unpaired) electrons. The van der Waals surface area contributed by atoms with Crippen molar-refractivity contribution < 1.29 is 9.53 Å². The van der Waals surface area contributed by atoms with Gasteiger partial charge in [0, 0.05) is 11.4 Å². The van der Waals surface area contributed by atoms with Crippen molar-refractivity contribution in [3.8, 4) is 5.75 Å². The van der Waals surface area contributed by atoms with Gasteiger partial charge in [-0.25, -0.2) is 4.68 Å². The minimum Gasteiger partial charge on any atom is -0.497 e. The van der Waals surface area contributed by atoms with E-state index in [1.165, 1.54) is 17.3 Å². The lowest BCUT2D eigenvalue weighted by molar-refractivity contribution is -0.121. The van der Waals surface area contributed by atoms with E-state index in [4.69, 9.17) is 10.5 Å². The fourth-order valence-electron chi connectivity index (χ4n) is 3.38. The summed E-state index contributed by atoms with van der Waals surface area (Å²) in [5.41, 5.74) is 8.28. The number of amides is 1. The molecule has 0 aliphatic carbocycles. The number of carbonyl (C=O) groups excluding carboxylic acids is 1. The molecule has 2 aromatic carbocycles. The number of ether oxygens (including phenoxy) is 1. The summed E-state index contributed by atoms with van der Waals surface area (Å²) in [6, 6.07) is 17.2. The van der Waals surface area contributed by atoms with E-state index in [1.807, 2.05) is 42.5 Å². The quantitative estimate of drug-likeness (QED) is 0.609. The van der Waals surface area contributed by atoms with Crippen molar-refractivity contribution in [2.75, 3.05) is 12.4 Å². The lowest BCUT2D eigenvalue weighted by Gasteiger charge is -2.32. The fraction of sp³-hybridized carbons (Fsp3) is 0.190. The van der Waals surface area contributed by atoms with Crippen LogP contribution in [0.2, 0.25) is 0 Å². The molecule has 0 spiro atoms. The first-order chi connectivity index (χ1) is 14.1. The molecular weight excluding hydrogens is 386 g/mol. The van der Waals surface area contributed by atoms with Crippen LogP contribution in [0.1, 0.15) is 17.2 Å². The zero-order valence-corrected chi connectivity index (χ0v) is 16.7. The van der Waals surface area contributed by atoms with Crippen molar-refractivity contribution >= 4 is 23.6 Å². The summed E-state index contributed by atoms with van der Waals surface area (Å²) in [5, 5.41) is 8.37. The van der Waals surface area contributed by atoms with Gasteiger partial charge in [0.2, 0.25) is 17.0 Å². The number of aromatic nitrogens is 3. The predicted molar refractivity (Wildman–Crippen MR) is 113 cm³/mol. The molecule has 3 N–H and O–H groups in total. The normalized spacial score (nSPS) is 18.0. The van der Waals surface area contributed by atoms with Crippen LogP contribution in [-0.2, 0) is 10.5 Å². The van der Waals surface area contributed by atoms with Gasteiger partial charge in [-0.15, -0.1) is 5.10 Å². The van der Waals surface area contributed by atoms with Crippen molar-refractivity contribution in [3.63, 3.8) is 0 Å². The van der Waals surface area contributed by atoms with E-state index in [2.05, 4.69) is 34.1 Å². The number of benzene rings is 2. The van der Waals surface area contributed by atoms with Gasteiger partial charge >= 0.3 is 0 Å². The Hall–Kier alpha value is -3.26. The molecule has 0 saturated heterocycles. The number of fused-ring (bicyclic) bond motifs is 1. The SMILES string of the molecule is C=C1Nc2nc(SCc3ccccc3)nn2[C@H](c2ccc(OC)cc2)[C@H]1C(N)=O. The van der Waals surface area contributed by atoms with Gasteiger partial charge in [-0.2, -0.15) is 4.98 Å². The first-order valence-electron chi connectivity index (χ1n) is 9.09. The number of nitrogens with two attached hydrogens (primary N) is 1. The Balaban J connectivity index is 1.68. The van der Waals surface area contributed by atoms with Gasteiger partial charge in [-0.05, 0) is 23.3 Å². The van der Waals surface area contributed by atoms with Crippen LogP contribution in [0.4, 0.5) is 5.95 Å². The molecule has 0 saturated carbocycles. The highest BCUT2D eigenvalue weighted by Crippen LogP contribution is 2.38. The average Bonchev–Trinajstić information content (AvgIpc) is 3.14. The topological polar surface area (TPSA) is 95.1 Å². The second kappa shape index (κ2) is 8.00. The Bertz CT molecular complexity index is 1030. The summed E-state index contributed by atoms with van der Waals surface area (Å²) in [4.78, 5) is 16.8. The molecule has 1 aromatic heterocycles. The van der Waals surface area contributed by atoms with E-state index in [0.717, 1.165) is 17.1 Å². The minimum atomic E-state index is -0.649. The first-order valence-corrected chi connectivity index (χ1v) is 10.1. The number of hydrogen-bond donors (Lipinski definition) is 2. The first kappa shape index (κ1) is 19.1. The summed E-state index contributed by atoms with van der Waals surface area (Å²) in [6.45, 7) is 4.00. The second-order valence-corrected chi connectivity index (χ2v) is 7.63. The molecule has 3 aromatic rings. The maximum atomic E-state index is 12.2. The third-order valence-electron chi connectivity index (χ3n) is 4.81. The molecule has 1 aliphatic rings. The lowest BCUT2D eigenvalue weighted by atomic mass is 9.89. The summed E-state index contributed by atoms with van der Waals surface area (Å²) in [6.07, 6.45) is 0. The van der Waals surface area contributed by atoms with Crippen LogP contribution < -0.4 is 15.8 Å². The number of primary amides is 1. The number of anilines is 1. The Morgan fingerprint density at radius 2 is 1.97 bits per heavy atom. The Morgan fingerprint density at radius 1 is 1.24 bits per heavy atom. The molecular formula is C21H21N5O2S. The maximum Gasteiger partial charge on any atom is 0.229 e. The van der Waals surface area contributed by atoms with E-state index in [-0.39, 0.29) is 0 Å². The molecule has 0 bridgehead atoms. The van der Waals surface area contributed by atoms with E-state index >= 15 is 0 Å². The Morgan fingerprint density at radius 3 is 2.62 bits per heavy atom. The smallest absolute Gasteiger partial charge is 0.229 e. The van der Waals surface area contributed by atoms with Gasteiger partial charge in [0.1, 0.15) is 11.7 Å². The monoisotopic (exact) mass is 407 g/mol. The molecule has 0 unspecified atom stereocenters. The average molecular weight is 407 g/mol. The molecule has 4 rings (SSSR count). The van der Waals surface area contributed by atoms with Gasteiger partial charge < -0.3 is 15.8 Å². The second-order valence-electron chi connectivity index (χ2n) is 6.69. The molecule has 8 heteroatoms. The maximum absolute atomic E-state index is 12.2. The zero-order valence-electron chi connectivity index (χ0n) is 15.9. The molecule has 29 heavy (non-hydrogen) atoms. The van der Waals surface area contributed by atoms with Crippen molar-refractivity contribution in [2.45, 2.75) is 17.0 Å². The largest absolute Gasteiger partial charge is 0.497 e. The number of thioether (sulfide) groups is 1. The Labute approximate surface area is 173 Å². The van der Waals surface area contributed by atoms with E-state index < -0.39 is 17.9 Å². The highest BCUT2D eigenvalue weighted by molar-refractivity contribution is 7.98. The van der Waals surface area contributed by atoms with E-state index in [9.17, 15) is 4.79 Å². The third kappa shape index (κ3) is 3.84. The van der Waals surface area contributed by atoms with Crippen LogP contribution in [0.3, 0.4) is 0 Å². The van der Waals surface area contributed by atoms with Crippen molar-refractivity contribution in [2.24, 2.45) is 11.7 Å². The molecule has 148 valence electrons. The molecule has 0 fully saturated rings. The van der Waals surface area contributed by atoms with Crippen LogP contribution in [0, 0.1) is 5.92 Å². The highest BCUT2D eigenvalue weighted by atomic mass is 32.2. The van der Waals surface area contributed by atoms with Gasteiger partial charge in [-0.3, -0.25) is 4.79 Å². The van der Waals surface area contributed by atoms with E-state index in [1.54, 1.807) is 11.8 Å². The minimum absolute atomic E-state index is 0.430. The predicted octanol–water partition coefficient (Wildman–Crippen LogP) is 3.21. The zero-order chi connectivity index (χ0) is 20.4. The molecule has 7 nitrogen and oxygen atoms in total. The standard InChI is InChI=1S/C21H21N5O2S/c1-13-17(19(22)27)18(15-8-10-16(28-2)11-9-15)26-20(23-13)24-21(25-26)29-12-14-6-4-3-5-7-14/h3-11,17-18H,1,12H2,2H3,(H2,22,27)(H,23,24,25)/t17-,18+/m0/s1. The van der Waals surface area contributed by atoms with Crippen LogP contribution in [0.25, 0.3) is 0 Å². The van der Waals surface area contributed by atoms with Crippen LogP contribution in [-0.4, -0.2) is 27.8 Å². The number of nitrogens with one attached hydrogen (secondary N) is 1. The molecule has 1 aliphatic heterocycles. The highest BCUT2D eigenvalue weighted by Gasteiger charge is 2.39. The van der Waals surface area contributed by atoms with Crippen LogP contribution >= 0.6 is 11.8 Å². The van der Waals surface area contributed by atoms with Gasteiger partial charge in [0.25, 0.3) is 0 Å². The number of rotatable bonds is 6. The molecule has 2 heterocycles. The number of nitrogens with zero attached hydrogens (tertiary/aromatic N) is 3. The van der Waals surface area contributed by atoms with Crippen molar-refractivity contribution in [3.05, 3.63) is 78.0 Å². The van der Waals surface area contributed by atoms with Gasteiger partial charge in [0.15, 0.2) is 0 Å². The summed E-state index contributed by atoms with van der Waals surface area (Å²) in [7, 11) is 1.61. The lowest BCUT2D eigenvalue weighted by Crippen LogP contribution is -2.40. The molecule has 2 atom stereocenters. The van der Waals surface area contributed by atoms with Gasteiger partial charge in [0.05, 0.1) is 13.2 Å². The third-order valence-corrected chi connectivity index (χ3v) is 5.72. The fourth-order valence-corrected chi connectivity index (χ4v) is 4.17. The number of carbonyl (C=O) groups is 1. The summed E-state index contributed by atoms with van der Waals surface area (Å²) >= 11 is 1.53. The van der Waals surface area contributed by atoms with Crippen molar-refractivity contribution in [1.29, 1.82) is 0 Å². The van der Waals surface area contributed by atoms with Crippen LogP contribution in [0.5, 0.6) is 5.75 Å². The number of hydrogen-bond acceptors (Lipinski definition) is 6.